The predicted molar refractivity (Wildman–Crippen MR) is 70.0 cm³/mol. The van der Waals surface area contributed by atoms with Gasteiger partial charge >= 0.3 is 0 Å². The molecular weight excluding hydrogens is 258 g/mol. The Morgan fingerprint density at radius 2 is 1.83 bits per heavy atom. The molecule has 0 amide bonds. The topological polar surface area (TPSA) is 123 Å². The Hall–Kier alpha value is -0.730. The van der Waals surface area contributed by atoms with Crippen molar-refractivity contribution in [3.8, 4) is 0 Å². The summed E-state index contributed by atoms with van der Waals surface area (Å²) in [6.07, 6.45) is 4.23. The van der Waals surface area contributed by atoms with Gasteiger partial charge in [0.25, 0.3) is 0 Å². The quantitative estimate of drug-likeness (QED) is 0.378. The highest BCUT2D eigenvalue weighted by Crippen LogP contribution is 2.32. The van der Waals surface area contributed by atoms with E-state index < -0.39 is 16.0 Å². The molecule has 6 nitrogen and oxygen atoms in total. The van der Waals surface area contributed by atoms with Gasteiger partial charge in [-0.15, -0.1) is 13.2 Å². The smallest absolute Gasteiger partial charge is 0.218 e. The van der Waals surface area contributed by atoms with Crippen LogP contribution in [0.15, 0.2) is 25.3 Å². The van der Waals surface area contributed by atoms with Crippen LogP contribution in [0.3, 0.4) is 0 Å². The summed E-state index contributed by atoms with van der Waals surface area (Å²) in [6.45, 7) is 8.38. The highest BCUT2D eigenvalue weighted by Gasteiger charge is 2.35. The van der Waals surface area contributed by atoms with Gasteiger partial charge in [-0.3, -0.25) is 4.18 Å². The monoisotopic (exact) mass is 281 g/mol. The molecule has 0 bridgehead atoms. The first-order valence-corrected chi connectivity index (χ1v) is 6.61. The van der Waals surface area contributed by atoms with Gasteiger partial charge in [0.1, 0.15) is 0 Å². The molecule has 0 aliphatic heterocycles. The van der Waals surface area contributed by atoms with E-state index in [0.717, 1.165) is 0 Å². The van der Waals surface area contributed by atoms with Crippen molar-refractivity contribution >= 4 is 10.4 Å². The Balaban J connectivity index is 0. The van der Waals surface area contributed by atoms with Gasteiger partial charge in [-0.1, -0.05) is 12.2 Å². The van der Waals surface area contributed by atoms with E-state index >= 15 is 0 Å². The molecule has 0 aliphatic carbocycles. The lowest BCUT2D eigenvalue weighted by Crippen LogP contribution is -2.40. The van der Waals surface area contributed by atoms with Crippen LogP contribution >= 0.6 is 0 Å². The van der Waals surface area contributed by atoms with Crippen molar-refractivity contribution in [3.63, 3.8) is 0 Å². The summed E-state index contributed by atoms with van der Waals surface area (Å²) < 4.78 is 36.8. The molecule has 0 aromatic carbocycles. The van der Waals surface area contributed by atoms with E-state index in [1.54, 1.807) is 12.2 Å². The molecule has 0 aromatic heterocycles. The third kappa shape index (κ3) is 6.87. The summed E-state index contributed by atoms with van der Waals surface area (Å²) in [4.78, 5) is 0. The number of hydrogen-bond donors (Lipinski definition) is 2. The average Bonchev–Trinajstić information content (AvgIpc) is 2.15. The van der Waals surface area contributed by atoms with Crippen LogP contribution in [-0.4, -0.2) is 30.3 Å². The fourth-order valence-corrected chi connectivity index (χ4v) is 2.45. The number of aliphatic hydroxyl groups is 1. The van der Waals surface area contributed by atoms with Crippen LogP contribution in [-0.2, 0) is 14.6 Å². The fraction of sp³-hybridized carbons (Fsp3) is 0.636. The summed E-state index contributed by atoms with van der Waals surface area (Å²) in [7, 11) is -4.82. The van der Waals surface area contributed by atoms with E-state index in [2.05, 4.69) is 17.3 Å². The van der Waals surface area contributed by atoms with Gasteiger partial charge in [0.05, 0.1) is 5.60 Å². The van der Waals surface area contributed by atoms with Gasteiger partial charge in [-0.25, -0.2) is 8.42 Å². The maximum absolute atomic E-state index is 10.7. The minimum atomic E-state index is -4.82. The van der Waals surface area contributed by atoms with Crippen LogP contribution in [0.1, 0.15) is 26.2 Å². The lowest BCUT2D eigenvalue weighted by Gasteiger charge is -2.36. The van der Waals surface area contributed by atoms with Gasteiger partial charge < -0.3 is 15.8 Å². The minimum Gasteiger partial charge on any atom is -0.726 e. The van der Waals surface area contributed by atoms with Crippen LogP contribution in [0.25, 0.3) is 0 Å². The van der Waals surface area contributed by atoms with Crippen molar-refractivity contribution in [3.05, 3.63) is 25.3 Å². The second-order valence-electron chi connectivity index (χ2n) is 4.02. The lowest BCUT2D eigenvalue weighted by atomic mass is 9.82. The van der Waals surface area contributed by atoms with Crippen molar-refractivity contribution in [1.82, 2.24) is 6.15 Å². The molecule has 1 atom stereocenters. The number of hydrogen-bond acceptors (Lipinski definition) is 5. The van der Waals surface area contributed by atoms with Crippen molar-refractivity contribution in [2.75, 3.05) is 6.61 Å². The maximum Gasteiger partial charge on any atom is 0.218 e. The summed E-state index contributed by atoms with van der Waals surface area (Å²) in [5.74, 6) is -0.270. The van der Waals surface area contributed by atoms with E-state index in [9.17, 15) is 13.0 Å². The molecular formula is C11H23NO5S. The molecule has 0 spiro atoms. The third-order valence-corrected chi connectivity index (χ3v) is 3.25. The first-order valence-electron chi connectivity index (χ1n) is 5.28. The number of allylic oxidation sites excluding steroid dienone is 2. The van der Waals surface area contributed by atoms with Gasteiger partial charge in [0, 0.05) is 13.0 Å². The zero-order chi connectivity index (χ0) is 13.5. The van der Waals surface area contributed by atoms with Crippen LogP contribution in [0.2, 0.25) is 0 Å². The van der Waals surface area contributed by atoms with E-state index in [0.29, 0.717) is 12.8 Å². The first kappa shape index (κ1) is 19.6. The minimum absolute atomic E-state index is 0. The largest absolute Gasteiger partial charge is 0.726 e. The number of aliphatic hydroxyl groups excluding tert-OH is 1. The highest BCUT2D eigenvalue weighted by molar-refractivity contribution is 7.80. The molecule has 1 unspecified atom stereocenters. The Morgan fingerprint density at radius 3 is 2.11 bits per heavy atom. The lowest BCUT2D eigenvalue weighted by molar-refractivity contribution is 0.000795. The van der Waals surface area contributed by atoms with E-state index in [-0.39, 0.29) is 25.1 Å². The van der Waals surface area contributed by atoms with Gasteiger partial charge in [0.15, 0.2) is 0 Å². The van der Waals surface area contributed by atoms with E-state index in [4.69, 9.17) is 5.11 Å². The van der Waals surface area contributed by atoms with Gasteiger partial charge in [-0.2, -0.15) is 0 Å². The molecule has 108 valence electrons. The average molecular weight is 281 g/mol. The van der Waals surface area contributed by atoms with Crippen molar-refractivity contribution in [2.24, 2.45) is 5.92 Å². The normalized spacial score (nSPS) is 14.7. The summed E-state index contributed by atoms with van der Waals surface area (Å²) in [5.41, 5.74) is -1.24. The molecule has 7 heteroatoms. The Morgan fingerprint density at radius 1 is 1.39 bits per heavy atom. The zero-order valence-corrected chi connectivity index (χ0v) is 11.8. The van der Waals surface area contributed by atoms with Crippen molar-refractivity contribution < 1.29 is 22.3 Å². The Bertz CT molecular complexity index is 344. The van der Waals surface area contributed by atoms with Crippen LogP contribution in [0.5, 0.6) is 0 Å². The highest BCUT2D eigenvalue weighted by atomic mass is 32.3. The van der Waals surface area contributed by atoms with Crippen molar-refractivity contribution in [1.29, 1.82) is 0 Å². The van der Waals surface area contributed by atoms with E-state index in [1.807, 2.05) is 0 Å². The molecule has 18 heavy (non-hydrogen) atoms. The molecule has 0 fully saturated rings. The maximum atomic E-state index is 10.7. The molecule has 0 radical (unpaired) electrons. The summed E-state index contributed by atoms with van der Waals surface area (Å²) in [6, 6.07) is 0. The molecule has 0 aliphatic rings. The second-order valence-corrected chi connectivity index (χ2v) is 5.01. The Labute approximate surface area is 109 Å². The molecule has 0 saturated heterocycles. The zero-order valence-electron chi connectivity index (χ0n) is 11.0. The first-order chi connectivity index (χ1) is 7.79. The van der Waals surface area contributed by atoms with Crippen LogP contribution in [0.4, 0.5) is 0 Å². The van der Waals surface area contributed by atoms with Gasteiger partial charge in [-0.05, 0) is 25.7 Å². The van der Waals surface area contributed by atoms with Crippen molar-refractivity contribution in [2.45, 2.75) is 31.8 Å². The SMILES string of the molecule is C=CCC(CC=C)C(C)(CCO)OS(=O)(=O)[O-].[NH4+]. The third-order valence-electron chi connectivity index (χ3n) is 2.67. The Kier molecular flexibility index (Phi) is 9.13. The van der Waals surface area contributed by atoms with Crippen LogP contribution in [0, 0.1) is 5.92 Å². The molecule has 0 aromatic rings. The summed E-state index contributed by atoms with van der Waals surface area (Å²) in [5, 5.41) is 8.96. The van der Waals surface area contributed by atoms with E-state index in [1.165, 1.54) is 6.92 Å². The fourth-order valence-electron chi connectivity index (χ4n) is 1.77. The number of rotatable bonds is 9. The number of quaternary nitrogens is 1. The molecule has 0 saturated carbocycles. The molecule has 5 N–H and O–H groups in total. The summed E-state index contributed by atoms with van der Waals surface area (Å²) >= 11 is 0. The molecule has 0 rings (SSSR count). The standard InChI is InChI=1S/C11H20O5S.H3N/c1-4-6-10(7-5-2)11(3,8-9-12)16-17(13,14)15;/h4-5,10,12H,1-2,6-9H2,3H3,(H,13,14,15);1H3. The molecule has 0 heterocycles. The van der Waals surface area contributed by atoms with Crippen LogP contribution < -0.4 is 6.15 Å². The predicted octanol–water partition coefficient (Wildman–Crippen LogP) is 1.75. The van der Waals surface area contributed by atoms with Gasteiger partial charge in [0.2, 0.25) is 10.4 Å². The second kappa shape index (κ2) is 8.39.